The number of nitrogens with zero attached hydrogens (tertiary/aromatic N) is 1. The van der Waals surface area contributed by atoms with Crippen molar-refractivity contribution in [3.63, 3.8) is 0 Å². The molecule has 2 heterocycles. The summed E-state index contributed by atoms with van der Waals surface area (Å²) in [5.74, 6) is 0. The molecular formula is C21H16NS2+. The summed E-state index contributed by atoms with van der Waals surface area (Å²) >= 11 is 3.80. The first-order chi connectivity index (χ1) is 11.7. The predicted octanol–water partition coefficient (Wildman–Crippen LogP) is 6.07. The van der Waals surface area contributed by atoms with Gasteiger partial charge in [0.25, 0.3) is 9.84 Å². The lowest BCUT2D eigenvalue weighted by molar-refractivity contribution is -0.627. The Labute approximate surface area is 148 Å². The lowest BCUT2D eigenvalue weighted by atomic mass is 10.0. The van der Waals surface area contributed by atoms with E-state index in [1.165, 1.54) is 46.5 Å². The van der Waals surface area contributed by atoms with E-state index in [0.717, 1.165) is 0 Å². The summed E-state index contributed by atoms with van der Waals surface area (Å²) < 4.78 is 5.15. The molecule has 0 bridgehead atoms. The molecule has 0 amide bonds. The summed E-state index contributed by atoms with van der Waals surface area (Å²) in [6, 6.07) is 21.9. The van der Waals surface area contributed by atoms with E-state index < -0.39 is 0 Å². The van der Waals surface area contributed by atoms with Gasteiger partial charge in [0.1, 0.15) is 11.7 Å². The minimum atomic E-state index is 1.31. The Balaban J connectivity index is 1.90. The van der Waals surface area contributed by atoms with Crippen LogP contribution in [0.2, 0.25) is 0 Å². The van der Waals surface area contributed by atoms with Crippen molar-refractivity contribution < 1.29 is 4.57 Å². The molecule has 0 atom stereocenters. The summed E-state index contributed by atoms with van der Waals surface area (Å²) in [6.45, 7) is 2.22. The van der Waals surface area contributed by atoms with Crippen LogP contribution in [-0.4, -0.2) is 0 Å². The minimum Gasteiger partial charge on any atom is -0.175 e. The molecule has 0 unspecified atom stereocenters. The number of benzene rings is 3. The van der Waals surface area contributed by atoms with Gasteiger partial charge < -0.3 is 0 Å². The van der Waals surface area contributed by atoms with Crippen molar-refractivity contribution in [3.8, 4) is 10.6 Å². The maximum absolute atomic E-state index is 2.37. The predicted molar refractivity (Wildman–Crippen MR) is 106 cm³/mol. The van der Waals surface area contributed by atoms with E-state index in [0.29, 0.717) is 0 Å². The number of thiazole rings is 1. The molecule has 3 aromatic carbocycles. The van der Waals surface area contributed by atoms with Crippen molar-refractivity contribution in [1.82, 2.24) is 0 Å². The highest BCUT2D eigenvalue weighted by atomic mass is 32.1. The molecule has 0 radical (unpaired) electrons. The summed E-state index contributed by atoms with van der Waals surface area (Å²) in [6.07, 6.45) is 0. The zero-order chi connectivity index (χ0) is 16.3. The number of rotatable bonds is 1. The van der Waals surface area contributed by atoms with Gasteiger partial charge in [-0.2, -0.15) is 4.57 Å². The van der Waals surface area contributed by atoms with E-state index in [2.05, 4.69) is 79.2 Å². The number of hydrogen-bond donors (Lipinski definition) is 0. The fourth-order valence-electron chi connectivity index (χ4n) is 3.47. The second-order valence-electron chi connectivity index (χ2n) is 6.18. The topological polar surface area (TPSA) is 3.88 Å². The van der Waals surface area contributed by atoms with E-state index in [1.807, 2.05) is 22.7 Å². The Morgan fingerprint density at radius 1 is 0.792 bits per heavy atom. The van der Waals surface area contributed by atoms with Crippen LogP contribution in [-0.2, 0) is 7.05 Å². The molecule has 0 aliphatic rings. The quantitative estimate of drug-likeness (QED) is 0.324. The van der Waals surface area contributed by atoms with Crippen LogP contribution >= 0.6 is 22.7 Å². The lowest BCUT2D eigenvalue weighted by Gasteiger charge is -2.06. The van der Waals surface area contributed by atoms with E-state index in [-0.39, 0.29) is 0 Å². The van der Waals surface area contributed by atoms with Crippen molar-refractivity contribution in [2.24, 2.45) is 7.05 Å². The third kappa shape index (κ3) is 1.89. The Morgan fingerprint density at radius 2 is 1.54 bits per heavy atom. The number of aryl methyl sites for hydroxylation is 2. The fourth-order valence-corrected chi connectivity index (χ4v) is 6.21. The lowest BCUT2D eigenvalue weighted by Crippen LogP contribution is -2.27. The van der Waals surface area contributed by atoms with Gasteiger partial charge >= 0.3 is 0 Å². The molecule has 0 aliphatic heterocycles. The molecule has 24 heavy (non-hydrogen) atoms. The second kappa shape index (κ2) is 5.13. The van der Waals surface area contributed by atoms with E-state index in [9.17, 15) is 0 Å². The zero-order valence-electron chi connectivity index (χ0n) is 13.5. The van der Waals surface area contributed by atoms with Crippen LogP contribution in [0, 0.1) is 6.92 Å². The highest BCUT2D eigenvalue weighted by Crippen LogP contribution is 2.41. The van der Waals surface area contributed by atoms with Crippen LogP contribution in [0.3, 0.4) is 0 Å². The summed E-state index contributed by atoms with van der Waals surface area (Å²) in [5, 5.41) is 5.37. The van der Waals surface area contributed by atoms with Gasteiger partial charge in [0.2, 0.25) is 0 Å². The summed E-state index contributed by atoms with van der Waals surface area (Å²) in [4.78, 5) is 1.36. The maximum Gasteiger partial charge on any atom is 0.281 e. The van der Waals surface area contributed by atoms with E-state index in [4.69, 9.17) is 0 Å². The number of aromatic nitrogens is 1. The Morgan fingerprint density at radius 3 is 2.42 bits per heavy atom. The maximum atomic E-state index is 2.37. The van der Waals surface area contributed by atoms with Crippen LogP contribution < -0.4 is 4.57 Å². The molecule has 116 valence electrons. The van der Waals surface area contributed by atoms with Crippen LogP contribution in [0.4, 0.5) is 0 Å². The second-order valence-corrected chi connectivity index (χ2v) is 8.21. The molecule has 2 aromatic heterocycles. The number of thiophene rings is 1. The Kier molecular flexibility index (Phi) is 3.02. The van der Waals surface area contributed by atoms with Crippen molar-refractivity contribution in [2.45, 2.75) is 6.92 Å². The molecule has 0 aliphatic carbocycles. The largest absolute Gasteiger partial charge is 0.281 e. The molecule has 0 saturated heterocycles. The molecule has 0 N–H and O–H groups in total. The van der Waals surface area contributed by atoms with Gasteiger partial charge in [-0.15, -0.1) is 0 Å². The van der Waals surface area contributed by atoms with Gasteiger partial charge in [-0.05, 0) is 29.3 Å². The van der Waals surface area contributed by atoms with Crippen LogP contribution in [0.15, 0.2) is 60.7 Å². The van der Waals surface area contributed by atoms with Gasteiger partial charge in [0.15, 0.2) is 0 Å². The van der Waals surface area contributed by atoms with Crippen LogP contribution in [0.1, 0.15) is 5.56 Å². The minimum absolute atomic E-state index is 1.31. The SMILES string of the molecule is Cc1ccc2ccccc2c1-c1sc2c3ccccc3sc2[n+]1C. The normalized spacial score (nSPS) is 11.8. The number of hydrogen-bond acceptors (Lipinski definition) is 2. The summed E-state index contributed by atoms with van der Waals surface area (Å²) in [5.41, 5.74) is 2.70. The van der Waals surface area contributed by atoms with Gasteiger partial charge in [-0.25, -0.2) is 0 Å². The van der Waals surface area contributed by atoms with Crippen LogP contribution in [0.25, 0.3) is 41.0 Å². The molecule has 0 saturated carbocycles. The van der Waals surface area contributed by atoms with Crippen molar-refractivity contribution in [2.75, 3.05) is 0 Å². The van der Waals surface area contributed by atoms with Crippen molar-refractivity contribution in [3.05, 3.63) is 66.2 Å². The standard InChI is InChI=1S/C21H16NS2/c1-13-11-12-14-7-3-4-8-15(14)18(13)20-22(2)21-19(24-20)16-9-5-6-10-17(16)23-21/h3-12H,1-2H3/q+1. The fraction of sp³-hybridized carbons (Fsp3) is 0.0952. The van der Waals surface area contributed by atoms with E-state index in [1.54, 1.807) is 0 Å². The molecule has 0 spiro atoms. The smallest absolute Gasteiger partial charge is 0.175 e. The zero-order valence-corrected chi connectivity index (χ0v) is 15.2. The molecule has 1 nitrogen and oxygen atoms in total. The van der Waals surface area contributed by atoms with E-state index >= 15 is 0 Å². The van der Waals surface area contributed by atoms with Gasteiger partial charge in [0.05, 0.1) is 5.56 Å². The third-order valence-corrected chi connectivity index (χ3v) is 7.36. The third-order valence-electron chi connectivity index (χ3n) is 4.69. The van der Waals surface area contributed by atoms with Gasteiger partial charge in [0, 0.05) is 10.1 Å². The first-order valence-corrected chi connectivity index (χ1v) is 9.66. The molecular weight excluding hydrogens is 330 g/mol. The Hall–Kier alpha value is -2.23. The Bertz CT molecular complexity index is 1230. The summed E-state index contributed by atoms with van der Waals surface area (Å²) in [7, 11) is 2.20. The molecule has 5 aromatic rings. The van der Waals surface area contributed by atoms with Crippen LogP contribution in [0.5, 0.6) is 0 Å². The average Bonchev–Trinajstić information content (AvgIpc) is 3.12. The molecule has 3 heteroatoms. The highest BCUT2D eigenvalue weighted by molar-refractivity contribution is 7.32. The first-order valence-electron chi connectivity index (χ1n) is 8.03. The molecule has 5 rings (SSSR count). The molecule has 0 fully saturated rings. The average molecular weight is 347 g/mol. The van der Waals surface area contributed by atoms with Gasteiger partial charge in [-0.3, -0.25) is 0 Å². The number of fused-ring (bicyclic) bond motifs is 4. The first kappa shape index (κ1) is 14.1. The highest BCUT2D eigenvalue weighted by Gasteiger charge is 2.25. The van der Waals surface area contributed by atoms with Crippen molar-refractivity contribution >= 4 is 53.1 Å². The van der Waals surface area contributed by atoms with Crippen molar-refractivity contribution in [1.29, 1.82) is 0 Å². The monoisotopic (exact) mass is 346 g/mol. The van der Waals surface area contributed by atoms with Gasteiger partial charge in [-0.1, -0.05) is 77.3 Å².